The highest BCUT2D eigenvalue weighted by atomic mass is 32.1. The van der Waals surface area contributed by atoms with Crippen LogP contribution in [0.15, 0.2) is 34.7 Å². The topological polar surface area (TPSA) is 219 Å². The zero-order chi connectivity index (χ0) is 29.9. The van der Waals surface area contributed by atoms with Crippen molar-refractivity contribution in [3.05, 3.63) is 50.8 Å². The molecule has 17 nitrogen and oxygen atoms in total. The minimum absolute atomic E-state index is 0.0528. The van der Waals surface area contributed by atoms with Crippen molar-refractivity contribution in [1.29, 1.82) is 0 Å². The monoisotopic (exact) mass is 598 g/mol. The fourth-order valence-corrected chi connectivity index (χ4v) is 4.50. The number of methoxy groups -OCH3 is 1. The molecule has 3 aromatic rings. The number of thiazole rings is 1. The van der Waals surface area contributed by atoms with Crippen molar-refractivity contribution in [2.45, 2.75) is 13.3 Å². The summed E-state index contributed by atoms with van der Waals surface area (Å²) >= 11 is 1.04. The number of hydrogen-bond acceptors (Lipinski definition) is 15. The molecule has 1 aliphatic rings. The van der Waals surface area contributed by atoms with Gasteiger partial charge in [0.15, 0.2) is 5.13 Å². The molecule has 1 fully saturated rings. The Labute approximate surface area is 242 Å². The van der Waals surface area contributed by atoms with Crippen LogP contribution in [0, 0.1) is 0 Å². The molecule has 1 aromatic carbocycles. The van der Waals surface area contributed by atoms with Crippen molar-refractivity contribution in [3.8, 4) is 11.8 Å². The maximum Gasteiger partial charge on any atom is 0.361 e. The first-order chi connectivity index (χ1) is 20.4. The van der Waals surface area contributed by atoms with E-state index in [0.29, 0.717) is 43.8 Å². The summed E-state index contributed by atoms with van der Waals surface area (Å²) in [7, 11) is 1.41. The number of azide groups is 1. The van der Waals surface area contributed by atoms with Crippen LogP contribution in [0.3, 0.4) is 0 Å². The van der Waals surface area contributed by atoms with Crippen molar-refractivity contribution in [2.75, 3.05) is 56.8 Å². The van der Waals surface area contributed by atoms with Gasteiger partial charge in [-0.05, 0) is 35.3 Å². The number of aromatic nitrogens is 4. The number of hydrogen-bond donors (Lipinski definition) is 2. The molecular formula is C24H26N10O7S. The minimum atomic E-state index is -0.782. The molecule has 0 atom stereocenters. The molecule has 0 spiro atoms. The number of esters is 1. The molecule has 0 unspecified atom stereocenters. The van der Waals surface area contributed by atoms with Crippen molar-refractivity contribution >= 4 is 46.0 Å². The summed E-state index contributed by atoms with van der Waals surface area (Å²) in [6.07, 6.45) is 1.78. The van der Waals surface area contributed by atoms with Gasteiger partial charge in [0.25, 0.3) is 5.91 Å². The Morgan fingerprint density at radius 1 is 1.26 bits per heavy atom. The van der Waals surface area contributed by atoms with Gasteiger partial charge in [0.2, 0.25) is 17.6 Å². The summed E-state index contributed by atoms with van der Waals surface area (Å²) < 4.78 is 21.5. The van der Waals surface area contributed by atoms with Crippen molar-refractivity contribution in [3.63, 3.8) is 0 Å². The molecule has 0 radical (unpaired) electrons. The van der Waals surface area contributed by atoms with Gasteiger partial charge in [-0.15, -0.1) is 0 Å². The summed E-state index contributed by atoms with van der Waals surface area (Å²) in [5.74, 6) is -0.745. The van der Waals surface area contributed by atoms with Crippen LogP contribution in [-0.4, -0.2) is 89.4 Å². The van der Waals surface area contributed by atoms with Crippen LogP contribution < -0.4 is 19.7 Å². The van der Waals surface area contributed by atoms with Gasteiger partial charge >= 0.3 is 12.0 Å². The van der Waals surface area contributed by atoms with Gasteiger partial charge in [-0.3, -0.25) is 10.1 Å². The predicted molar refractivity (Wildman–Crippen MR) is 149 cm³/mol. The quantitative estimate of drug-likeness (QED) is 0.0583. The zero-order valence-corrected chi connectivity index (χ0v) is 23.4. The molecule has 0 saturated carbocycles. The van der Waals surface area contributed by atoms with Crippen LogP contribution in [0.25, 0.3) is 10.4 Å². The second-order valence-corrected chi connectivity index (χ2v) is 9.32. The lowest BCUT2D eigenvalue weighted by molar-refractivity contribution is -0.135. The van der Waals surface area contributed by atoms with Gasteiger partial charge in [-0.25, -0.2) is 9.78 Å². The highest BCUT2D eigenvalue weighted by molar-refractivity contribution is 7.18. The van der Waals surface area contributed by atoms with E-state index in [4.69, 9.17) is 24.5 Å². The van der Waals surface area contributed by atoms with Gasteiger partial charge in [-0.1, -0.05) is 22.6 Å². The largest absolute Gasteiger partial charge is 0.496 e. The number of anilines is 3. The van der Waals surface area contributed by atoms with E-state index in [0.717, 1.165) is 16.9 Å². The average Bonchev–Trinajstić information content (AvgIpc) is 3.45. The van der Waals surface area contributed by atoms with Gasteiger partial charge in [0.1, 0.15) is 5.75 Å². The number of nitrogens with zero attached hydrogens (tertiary/aromatic N) is 9. The first-order valence-corrected chi connectivity index (χ1v) is 13.4. The lowest BCUT2D eigenvalue weighted by Gasteiger charge is -2.26. The molecule has 2 N–H and O–H groups in total. The number of morpholine rings is 1. The van der Waals surface area contributed by atoms with Crippen molar-refractivity contribution in [2.24, 2.45) is 10.3 Å². The molecule has 1 saturated heterocycles. The molecule has 18 heteroatoms. The summed E-state index contributed by atoms with van der Waals surface area (Å²) in [5.41, 5.74) is 9.20. The average molecular weight is 599 g/mol. The van der Waals surface area contributed by atoms with Crippen LogP contribution in [0.5, 0.6) is 11.8 Å². The first-order valence-electron chi connectivity index (χ1n) is 12.6. The van der Waals surface area contributed by atoms with E-state index in [1.54, 1.807) is 19.1 Å². The maximum atomic E-state index is 12.1. The number of benzene rings is 1. The van der Waals surface area contributed by atoms with Crippen LogP contribution in [-0.2, 0) is 20.7 Å². The standard InChI is InChI=1S/C24H26N10O7S/c1-3-40-20(36)18(32-37)17-13-26-24(42-17)29-21-27-22(34-7-10-39-11-8-34)30-23(28-21)41-9-6-14-4-5-15(16(12-14)38-2)19(35)31-33-25/h4-5,12-13,37H,3,6-11H2,1-2H3,(H,26,27,28,29,30)/b32-18-. The molecule has 3 heterocycles. The van der Waals surface area contributed by atoms with E-state index in [1.807, 2.05) is 4.90 Å². The Hall–Kier alpha value is -5.06. The number of carbonyl (C=O) groups is 2. The third-order valence-electron chi connectivity index (χ3n) is 5.68. The highest BCUT2D eigenvalue weighted by Crippen LogP contribution is 2.25. The molecule has 42 heavy (non-hydrogen) atoms. The Bertz CT molecular complexity index is 1500. The molecule has 0 bridgehead atoms. The Morgan fingerprint density at radius 2 is 2.07 bits per heavy atom. The van der Waals surface area contributed by atoms with Crippen LogP contribution in [0.1, 0.15) is 27.7 Å². The fraction of sp³-hybridized carbons (Fsp3) is 0.375. The number of ether oxygens (including phenoxy) is 4. The van der Waals surface area contributed by atoms with Crippen LogP contribution in [0.2, 0.25) is 0 Å². The zero-order valence-electron chi connectivity index (χ0n) is 22.6. The third kappa shape index (κ3) is 7.57. The van der Waals surface area contributed by atoms with Gasteiger partial charge < -0.3 is 29.1 Å². The molecule has 1 aliphatic heterocycles. The summed E-state index contributed by atoms with van der Waals surface area (Å²) in [6.45, 7) is 4.10. The Morgan fingerprint density at radius 3 is 2.79 bits per heavy atom. The lowest BCUT2D eigenvalue weighted by atomic mass is 10.1. The van der Waals surface area contributed by atoms with Gasteiger partial charge in [-0.2, -0.15) is 15.0 Å². The van der Waals surface area contributed by atoms with Crippen molar-refractivity contribution in [1.82, 2.24) is 19.9 Å². The summed E-state index contributed by atoms with van der Waals surface area (Å²) in [6, 6.07) is 4.93. The van der Waals surface area contributed by atoms with E-state index in [9.17, 15) is 14.8 Å². The second-order valence-electron chi connectivity index (χ2n) is 8.29. The number of amides is 1. The molecule has 220 valence electrons. The van der Waals surface area contributed by atoms with E-state index in [-0.39, 0.29) is 47.1 Å². The third-order valence-corrected chi connectivity index (χ3v) is 6.60. The molecule has 4 rings (SSSR count). The van der Waals surface area contributed by atoms with Crippen molar-refractivity contribution < 1.29 is 33.7 Å². The Balaban J connectivity index is 1.50. The Kier molecular flexibility index (Phi) is 10.4. The number of nitrogens with one attached hydrogen (secondary N) is 1. The minimum Gasteiger partial charge on any atom is -0.496 e. The molecule has 1 amide bonds. The number of oxime groups is 1. The fourth-order valence-electron chi connectivity index (χ4n) is 3.72. The lowest BCUT2D eigenvalue weighted by Crippen LogP contribution is -2.37. The first kappa shape index (κ1) is 29.9. The normalized spacial score (nSPS) is 13.2. The molecule has 0 aliphatic carbocycles. The number of carbonyl (C=O) groups excluding carboxylic acids is 2. The van der Waals surface area contributed by atoms with Gasteiger partial charge in [0, 0.05) is 24.4 Å². The van der Waals surface area contributed by atoms with Crippen LogP contribution >= 0.6 is 11.3 Å². The van der Waals surface area contributed by atoms with E-state index < -0.39 is 11.9 Å². The molecular weight excluding hydrogens is 572 g/mol. The van der Waals surface area contributed by atoms with E-state index in [2.05, 4.69) is 40.4 Å². The summed E-state index contributed by atoms with van der Waals surface area (Å²) in [4.78, 5) is 46.3. The highest BCUT2D eigenvalue weighted by Gasteiger charge is 2.21. The second kappa shape index (κ2) is 14.5. The van der Waals surface area contributed by atoms with Crippen LogP contribution in [0.4, 0.5) is 17.0 Å². The maximum absolute atomic E-state index is 12.1. The molecule has 2 aromatic heterocycles. The van der Waals surface area contributed by atoms with Gasteiger partial charge in [0.05, 0.1) is 50.2 Å². The SMILES string of the molecule is CCOC(=O)/C(=N\O)c1cnc(Nc2nc(OCCc3ccc(C(=O)N=[N+]=[N-])c(OC)c3)nc(N3CCOCC3)n2)s1. The number of rotatable bonds is 12. The smallest absolute Gasteiger partial charge is 0.361 e. The van der Waals surface area contributed by atoms with E-state index >= 15 is 0 Å². The summed E-state index contributed by atoms with van der Waals surface area (Å²) in [5, 5.41) is 18.7. The van der Waals surface area contributed by atoms with E-state index in [1.165, 1.54) is 19.4 Å². The predicted octanol–water partition coefficient (Wildman–Crippen LogP) is 2.73.